The molecule has 0 saturated heterocycles. The maximum atomic E-state index is 2.28. The molecule has 0 aromatic carbocycles. The summed E-state index contributed by atoms with van der Waals surface area (Å²) >= 11 is 0. The Labute approximate surface area is 102 Å². The third kappa shape index (κ3) is 13.2. The predicted molar refractivity (Wildman–Crippen MR) is 75.7 cm³/mol. The third-order valence-corrected chi connectivity index (χ3v) is 2.60. The Morgan fingerprint density at radius 3 is 1.88 bits per heavy atom. The Hall–Kier alpha value is -0.780. The van der Waals surface area contributed by atoms with E-state index >= 15 is 0 Å². The van der Waals surface area contributed by atoms with Crippen LogP contribution < -0.4 is 0 Å². The molecule has 0 rings (SSSR count). The van der Waals surface area contributed by atoms with Crippen molar-refractivity contribution in [2.75, 3.05) is 0 Å². The molecule has 16 heavy (non-hydrogen) atoms. The van der Waals surface area contributed by atoms with Crippen molar-refractivity contribution in [3.05, 3.63) is 36.5 Å². The molecule has 0 aromatic rings. The largest absolute Gasteiger partial charge is 0.0917 e. The normalized spacial score (nSPS) is 12.4. The Morgan fingerprint density at radius 2 is 1.25 bits per heavy atom. The minimum absolute atomic E-state index is 1.14. The van der Waals surface area contributed by atoms with E-state index in [0.29, 0.717) is 0 Å². The van der Waals surface area contributed by atoms with Crippen LogP contribution in [0.2, 0.25) is 0 Å². The summed E-state index contributed by atoms with van der Waals surface area (Å²) < 4.78 is 0. The van der Waals surface area contributed by atoms with E-state index in [2.05, 4.69) is 50.3 Å². The average Bonchev–Trinajstić information content (AvgIpc) is 2.31. The molecule has 0 amide bonds. The fourth-order valence-corrected chi connectivity index (χ4v) is 1.61. The van der Waals surface area contributed by atoms with Crippen molar-refractivity contribution in [2.45, 2.75) is 65.2 Å². The fraction of sp³-hybridized carbons (Fsp3) is 0.625. The lowest BCUT2D eigenvalue weighted by atomic mass is 10.1. The summed E-state index contributed by atoms with van der Waals surface area (Å²) in [6.07, 6.45) is 23.7. The maximum absolute atomic E-state index is 2.28. The summed E-state index contributed by atoms with van der Waals surface area (Å²) in [5.41, 5.74) is 0. The van der Waals surface area contributed by atoms with Crippen LogP contribution in [0.4, 0.5) is 0 Å². The standard InChI is InChI=1S/C16H28/c1-3-5-7-9-11-13-15-16-14-12-10-8-6-4-2/h3,5-6,8,10,12H,4,7,9,11,13-16H2,1-2H3/b5-3+,8-6+,12-10+. The highest BCUT2D eigenvalue weighted by Gasteiger charge is 1.88. The fourth-order valence-electron chi connectivity index (χ4n) is 1.61. The van der Waals surface area contributed by atoms with E-state index in [4.69, 9.17) is 0 Å². The van der Waals surface area contributed by atoms with Gasteiger partial charge in [-0.15, -0.1) is 0 Å². The Morgan fingerprint density at radius 1 is 0.688 bits per heavy atom. The average molecular weight is 220 g/mol. The van der Waals surface area contributed by atoms with E-state index in [9.17, 15) is 0 Å². The number of allylic oxidation sites excluding steroid dienone is 6. The Balaban J connectivity index is 3.09. The molecule has 0 spiro atoms. The van der Waals surface area contributed by atoms with Crippen LogP contribution >= 0.6 is 0 Å². The molecule has 0 heteroatoms. The van der Waals surface area contributed by atoms with E-state index in [1.165, 1.54) is 44.9 Å². The van der Waals surface area contributed by atoms with Gasteiger partial charge in [0.15, 0.2) is 0 Å². The van der Waals surface area contributed by atoms with Gasteiger partial charge in [-0.3, -0.25) is 0 Å². The highest BCUT2D eigenvalue weighted by atomic mass is 13.9. The topological polar surface area (TPSA) is 0 Å². The minimum Gasteiger partial charge on any atom is -0.0917 e. The highest BCUT2D eigenvalue weighted by Crippen LogP contribution is 2.07. The van der Waals surface area contributed by atoms with Crippen LogP contribution in [0.25, 0.3) is 0 Å². The zero-order chi connectivity index (χ0) is 11.9. The molecular formula is C16H28. The highest BCUT2D eigenvalue weighted by molar-refractivity contribution is 5.01. The second-order valence-electron chi connectivity index (χ2n) is 4.18. The zero-order valence-electron chi connectivity index (χ0n) is 11.1. The van der Waals surface area contributed by atoms with Crippen molar-refractivity contribution in [3.8, 4) is 0 Å². The van der Waals surface area contributed by atoms with Gasteiger partial charge in [0.05, 0.1) is 0 Å². The molecule has 0 bridgehead atoms. The summed E-state index contributed by atoms with van der Waals surface area (Å²) in [5, 5.41) is 0. The third-order valence-electron chi connectivity index (χ3n) is 2.60. The van der Waals surface area contributed by atoms with Gasteiger partial charge in [-0.25, -0.2) is 0 Å². The van der Waals surface area contributed by atoms with E-state index in [1.54, 1.807) is 0 Å². The van der Waals surface area contributed by atoms with Crippen LogP contribution in [0, 0.1) is 0 Å². The lowest BCUT2D eigenvalue weighted by Crippen LogP contribution is -1.78. The maximum Gasteiger partial charge on any atom is -0.0348 e. The van der Waals surface area contributed by atoms with Crippen molar-refractivity contribution in [3.63, 3.8) is 0 Å². The van der Waals surface area contributed by atoms with Gasteiger partial charge in [0.2, 0.25) is 0 Å². The zero-order valence-corrected chi connectivity index (χ0v) is 11.1. The SMILES string of the molecule is C/C=C/CCCCCCC/C=C/C=C/CC. The second kappa shape index (κ2) is 14.2. The van der Waals surface area contributed by atoms with Gasteiger partial charge in [0, 0.05) is 0 Å². The molecule has 0 aliphatic heterocycles. The summed E-state index contributed by atoms with van der Waals surface area (Å²) in [4.78, 5) is 0. The van der Waals surface area contributed by atoms with Crippen molar-refractivity contribution >= 4 is 0 Å². The van der Waals surface area contributed by atoms with Gasteiger partial charge in [-0.05, 0) is 39.0 Å². The van der Waals surface area contributed by atoms with Crippen LogP contribution in [0.15, 0.2) is 36.5 Å². The van der Waals surface area contributed by atoms with Gasteiger partial charge in [0.1, 0.15) is 0 Å². The van der Waals surface area contributed by atoms with E-state index < -0.39 is 0 Å². The van der Waals surface area contributed by atoms with Crippen molar-refractivity contribution in [1.82, 2.24) is 0 Å². The molecule has 0 aliphatic carbocycles. The number of unbranched alkanes of at least 4 members (excludes halogenated alkanes) is 6. The first-order valence-electron chi connectivity index (χ1n) is 6.84. The lowest BCUT2D eigenvalue weighted by molar-refractivity contribution is 0.622. The summed E-state index contributed by atoms with van der Waals surface area (Å²) in [6, 6.07) is 0. The van der Waals surface area contributed by atoms with Gasteiger partial charge in [-0.1, -0.05) is 62.6 Å². The molecule has 0 atom stereocenters. The number of hydrogen-bond donors (Lipinski definition) is 0. The smallest absolute Gasteiger partial charge is 0.0348 e. The van der Waals surface area contributed by atoms with Crippen LogP contribution in [0.5, 0.6) is 0 Å². The van der Waals surface area contributed by atoms with Crippen molar-refractivity contribution in [1.29, 1.82) is 0 Å². The molecule has 0 heterocycles. The Kier molecular flexibility index (Phi) is 13.5. The second-order valence-corrected chi connectivity index (χ2v) is 4.18. The predicted octanol–water partition coefficient (Wildman–Crippen LogP) is 5.82. The van der Waals surface area contributed by atoms with Crippen molar-refractivity contribution < 1.29 is 0 Å². The van der Waals surface area contributed by atoms with Crippen LogP contribution in [-0.2, 0) is 0 Å². The first kappa shape index (κ1) is 15.2. The molecule has 0 unspecified atom stereocenters. The van der Waals surface area contributed by atoms with Gasteiger partial charge in [-0.2, -0.15) is 0 Å². The van der Waals surface area contributed by atoms with Gasteiger partial charge in [0.25, 0.3) is 0 Å². The molecule has 0 radical (unpaired) electrons. The Bertz CT molecular complexity index is 196. The molecular weight excluding hydrogens is 192 g/mol. The van der Waals surface area contributed by atoms with Crippen LogP contribution in [0.3, 0.4) is 0 Å². The first-order chi connectivity index (χ1) is 7.91. The first-order valence-corrected chi connectivity index (χ1v) is 6.84. The molecule has 92 valence electrons. The van der Waals surface area contributed by atoms with Crippen LogP contribution in [0.1, 0.15) is 65.2 Å². The molecule has 0 aliphatic rings. The number of hydrogen-bond acceptors (Lipinski definition) is 0. The quantitative estimate of drug-likeness (QED) is 0.247. The van der Waals surface area contributed by atoms with E-state index in [0.717, 1.165) is 6.42 Å². The summed E-state index contributed by atoms with van der Waals surface area (Å²) in [7, 11) is 0. The lowest BCUT2D eigenvalue weighted by Gasteiger charge is -1.97. The molecule has 0 aromatic heterocycles. The van der Waals surface area contributed by atoms with Gasteiger partial charge >= 0.3 is 0 Å². The molecule has 0 N–H and O–H groups in total. The number of rotatable bonds is 10. The molecule has 0 saturated carbocycles. The molecule has 0 nitrogen and oxygen atoms in total. The monoisotopic (exact) mass is 220 g/mol. The van der Waals surface area contributed by atoms with Gasteiger partial charge < -0.3 is 0 Å². The summed E-state index contributed by atoms with van der Waals surface area (Å²) in [6.45, 7) is 4.26. The molecule has 0 fully saturated rings. The minimum atomic E-state index is 1.14. The van der Waals surface area contributed by atoms with Crippen molar-refractivity contribution in [2.24, 2.45) is 0 Å². The van der Waals surface area contributed by atoms with E-state index in [1.807, 2.05) is 0 Å². The summed E-state index contributed by atoms with van der Waals surface area (Å²) in [5.74, 6) is 0. The van der Waals surface area contributed by atoms with Crippen LogP contribution in [-0.4, -0.2) is 0 Å². The van der Waals surface area contributed by atoms with E-state index in [-0.39, 0.29) is 0 Å².